The highest BCUT2D eigenvalue weighted by Gasteiger charge is 2.10. The number of carbonyl (C=O) groups is 1. The topological polar surface area (TPSA) is 105 Å². The van der Waals surface area contributed by atoms with Crippen LogP contribution in [0.25, 0.3) is 22.0 Å². The lowest BCUT2D eigenvalue weighted by atomic mass is 10.0. The van der Waals surface area contributed by atoms with Gasteiger partial charge in [-0.1, -0.05) is 31.2 Å². The summed E-state index contributed by atoms with van der Waals surface area (Å²) in [4.78, 5) is 20.2. The van der Waals surface area contributed by atoms with E-state index in [1.54, 1.807) is 12.3 Å². The van der Waals surface area contributed by atoms with Crippen molar-refractivity contribution in [3.8, 4) is 17.3 Å². The van der Waals surface area contributed by atoms with E-state index in [-0.39, 0.29) is 6.42 Å². The highest BCUT2D eigenvalue weighted by molar-refractivity contribution is 5.97. The van der Waals surface area contributed by atoms with E-state index in [0.717, 1.165) is 28.5 Å². The minimum atomic E-state index is -0.395. The van der Waals surface area contributed by atoms with E-state index in [1.807, 2.05) is 30.3 Å². The summed E-state index contributed by atoms with van der Waals surface area (Å²) in [5.74, 6) is 0.377. The lowest BCUT2D eigenvalue weighted by molar-refractivity contribution is -0.115. The van der Waals surface area contributed by atoms with E-state index < -0.39 is 5.91 Å². The number of nitrogen functional groups attached to an aromatic ring is 1. The number of nitrogens with one attached hydrogen (secondary N) is 1. The van der Waals surface area contributed by atoms with Gasteiger partial charge in [0.05, 0.1) is 11.8 Å². The normalized spacial score (nSPS) is 10.4. The molecule has 0 bridgehead atoms. The number of hydrogen-bond donors (Lipinski definition) is 2. The summed E-state index contributed by atoms with van der Waals surface area (Å²) in [6, 6.07) is 13.5. The first-order chi connectivity index (χ1) is 12.1. The number of anilines is 2. The number of rotatable bonds is 4. The van der Waals surface area contributed by atoms with Crippen molar-refractivity contribution in [1.29, 1.82) is 5.26 Å². The zero-order valence-corrected chi connectivity index (χ0v) is 13.8. The minimum Gasteiger partial charge on any atom is -0.383 e. The Morgan fingerprint density at radius 3 is 2.88 bits per heavy atom. The number of fused-ring (bicyclic) bond motifs is 1. The highest BCUT2D eigenvalue weighted by atomic mass is 16.1. The van der Waals surface area contributed by atoms with Gasteiger partial charge in [-0.2, -0.15) is 5.26 Å². The number of aryl methyl sites for hydroxylation is 1. The number of nitriles is 1. The molecule has 0 radical (unpaired) electrons. The molecule has 3 aromatic rings. The molecule has 0 fully saturated rings. The number of amides is 1. The number of nitrogens with zero attached hydrogens (tertiary/aromatic N) is 3. The van der Waals surface area contributed by atoms with Crippen LogP contribution in [-0.4, -0.2) is 15.9 Å². The van der Waals surface area contributed by atoms with Crippen molar-refractivity contribution in [3.05, 3.63) is 48.2 Å². The molecule has 0 aliphatic rings. The molecule has 124 valence electrons. The molecule has 0 spiro atoms. The number of aromatic nitrogens is 2. The van der Waals surface area contributed by atoms with Gasteiger partial charge in [-0.05, 0) is 29.5 Å². The van der Waals surface area contributed by atoms with Crippen molar-refractivity contribution < 1.29 is 4.79 Å². The Hall–Kier alpha value is -3.46. The first kappa shape index (κ1) is 16.4. The predicted molar refractivity (Wildman–Crippen MR) is 97.6 cm³/mol. The lowest BCUT2D eigenvalue weighted by Crippen LogP contribution is -2.11. The fraction of sp³-hybridized carbons (Fsp3) is 0.158. The van der Waals surface area contributed by atoms with E-state index >= 15 is 0 Å². The number of carbonyl (C=O) groups excluding carboxylic acids is 1. The predicted octanol–water partition coefficient (Wildman–Crippen LogP) is 3.29. The van der Waals surface area contributed by atoms with Crippen molar-refractivity contribution in [2.24, 2.45) is 0 Å². The summed E-state index contributed by atoms with van der Waals surface area (Å²) in [6.07, 6.45) is 2.25. The number of benzene rings is 1. The Balaban J connectivity index is 2.07. The van der Waals surface area contributed by atoms with Crippen LogP contribution >= 0.6 is 0 Å². The zero-order valence-electron chi connectivity index (χ0n) is 13.8. The standard InChI is InChI=1S/C19H17N5O/c1-2-12-5-3-4-6-14(12)16-9-13-10-17(24-18(25)7-8-20)22-11-15(13)19(21)23-16/h3-6,9-11H,2,7H2,1H3,(H2,21,23)(H,22,24,25). The minimum absolute atomic E-state index is 0.215. The third-order valence-electron chi connectivity index (χ3n) is 3.93. The van der Waals surface area contributed by atoms with E-state index in [2.05, 4.69) is 28.3 Å². The number of nitrogens with two attached hydrogens (primary N) is 1. The molecule has 2 heterocycles. The molecular weight excluding hydrogens is 314 g/mol. The first-order valence-electron chi connectivity index (χ1n) is 7.93. The van der Waals surface area contributed by atoms with Crippen molar-refractivity contribution in [2.45, 2.75) is 19.8 Å². The van der Waals surface area contributed by atoms with Crippen LogP contribution < -0.4 is 11.1 Å². The summed E-state index contributed by atoms with van der Waals surface area (Å²) in [5.41, 5.74) is 9.10. The molecule has 0 aliphatic heterocycles. The van der Waals surface area contributed by atoms with E-state index in [9.17, 15) is 4.79 Å². The molecule has 1 aromatic carbocycles. The Bertz CT molecular complexity index is 991. The second-order valence-corrected chi connectivity index (χ2v) is 5.58. The maximum absolute atomic E-state index is 11.6. The van der Waals surface area contributed by atoms with Crippen LogP contribution in [0.3, 0.4) is 0 Å². The van der Waals surface area contributed by atoms with E-state index in [1.165, 1.54) is 5.56 Å². The highest BCUT2D eigenvalue weighted by Crippen LogP contribution is 2.29. The fourth-order valence-corrected chi connectivity index (χ4v) is 2.72. The molecule has 1 amide bonds. The molecule has 6 nitrogen and oxygen atoms in total. The zero-order chi connectivity index (χ0) is 17.8. The summed E-state index contributed by atoms with van der Waals surface area (Å²) in [6.45, 7) is 2.09. The number of pyridine rings is 2. The van der Waals surface area contributed by atoms with Gasteiger partial charge < -0.3 is 11.1 Å². The van der Waals surface area contributed by atoms with Gasteiger partial charge in [-0.25, -0.2) is 9.97 Å². The molecular formula is C19H17N5O. The van der Waals surface area contributed by atoms with Gasteiger partial charge in [0.25, 0.3) is 0 Å². The van der Waals surface area contributed by atoms with Gasteiger partial charge in [0, 0.05) is 17.1 Å². The maximum atomic E-state index is 11.6. The maximum Gasteiger partial charge on any atom is 0.239 e. The summed E-state index contributed by atoms with van der Waals surface area (Å²) >= 11 is 0. The van der Waals surface area contributed by atoms with Crippen LogP contribution in [0.15, 0.2) is 42.6 Å². The van der Waals surface area contributed by atoms with Crippen molar-refractivity contribution >= 4 is 28.3 Å². The molecule has 2 aromatic heterocycles. The fourth-order valence-electron chi connectivity index (χ4n) is 2.72. The molecule has 0 saturated carbocycles. The van der Waals surface area contributed by atoms with Crippen LogP contribution in [0.4, 0.5) is 11.6 Å². The largest absolute Gasteiger partial charge is 0.383 e. The van der Waals surface area contributed by atoms with Crippen LogP contribution in [0.2, 0.25) is 0 Å². The van der Waals surface area contributed by atoms with Gasteiger partial charge in [-0.3, -0.25) is 4.79 Å². The Morgan fingerprint density at radius 2 is 2.12 bits per heavy atom. The second-order valence-electron chi connectivity index (χ2n) is 5.58. The summed E-state index contributed by atoms with van der Waals surface area (Å²) in [5, 5.41) is 12.7. The summed E-state index contributed by atoms with van der Waals surface area (Å²) < 4.78 is 0. The van der Waals surface area contributed by atoms with Crippen LogP contribution in [-0.2, 0) is 11.2 Å². The van der Waals surface area contributed by atoms with Gasteiger partial charge in [-0.15, -0.1) is 0 Å². The average Bonchev–Trinajstić information content (AvgIpc) is 2.61. The van der Waals surface area contributed by atoms with Gasteiger partial charge in [0.2, 0.25) is 5.91 Å². The van der Waals surface area contributed by atoms with Crippen LogP contribution in [0, 0.1) is 11.3 Å². The smallest absolute Gasteiger partial charge is 0.239 e. The molecule has 25 heavy (non-hydrogen) atoms. The van der Waals surface area contributed by atoms with Crippen LogP contribution in [0.1, 0.15) is 18.9 Å². The molecule has 0 saturated heterocycles. The molecule has 6 heteroatoms. The first-order valence-corrected chi connectivity index (χ1v) is 7.93. The molecule has 0 aliphatic carbocycles. The van der Waals surface area contributed by atoms with E-state index in [4.69, 9.17) is 11.0 Å². The second kappa shape index (κ2) is 6.97. The van der Waals surface area contributed by atoms with Crippen molar-refractivity contribution in [1.82, 2.24) is 9.97 Å². The average molecular weight is 331 g/mol. The molecule has 3 rings (SSSR count). The van der Waals surface area contributed by atoms with Crippen LogP contribution in [0.5, 0.6) is 0 Å². The van der Waals surface area contributed by atoms with Gasteiger partial charge >= 0.3 is 0 Å². The molecule has 0 unspecified atom stereocenters. The van der Waals surface area contributed by atoms with Crippen molar-refractivity contribution in [3.63, 3.8) is 0 Å². The quantitative estimate of drug-likeness (QED) is 0.763. The Labute approximate surface area is 145 Å². The Morgan fingerprint density at radius 1 is 1.32 bits per heavy atom. The SMILES string of the molecule is CCc1ccccc1-c1cc2cc(NC(=O)CC#N)ncc2c(N)n1. The Kier molecular flexibility index (Phi) is 4.57. The third kappa shape index (κ3) is 3.40. The molecule has 0 atom stereocenters. The van der Waals surface area contributed by atoms with E-state index in [0.29, 0.717) is 11.6 Å². The monoisotopic (exact) mass is 331 g/mol. The van der Waals surface area contributed by atoms with Crippen molar-refractivity contribution in [2.75, 3.05) is 11.1 Å². The number of hydrogen-bond acceptors (Lipinski definition) is 5. The summed E-state index contributed by atoms with van der Waals surface area (Å²) in [7, 11) is 0. The third-order valence-corrected chi connectivity index (χ3v) is 3.93. The lowest BCUT2D eigenvalue weighted by Gasteiger charge is -2.11. The van der Waals surface area contributed by atoms with Gasteiger partial charge in [0.15, 0.2) is 0 Å². The van der Waals surface area contributed by atoms with Gasteiger partial charge in [0.1, 0.15) is 18.1 Å². The molecule has 3 N–H and O–H groups in total.